The largest absolute Gasteiger partial charge is 0.468 e. The Kier molecular flexibility index (Phi) is 56.4. The second-order valence-corrected chi connectivity index (χ2v) is 20.8. The minimum absolute atomic E-state index is 0. The van der Waals surface area contributed by atoms with Crippen molar-refractivity contribution >= 4 is 60.1 Å². The molecule has 0 saturated heterocycles. The molecule has 9 N–H and O–H groups in total. The Balaban J connectivity index is -0.000000205. The molecule has 448 valence electrons. The summed E-state index contributed by atoms with van der Waals surface area (Å²) in [6.45, 7) is 28.6. The van der Waals surface area contributed by atoms with E-state index in [9.17, 15) is 47.9 Å². The van der Waals surface area contributed by atoms with Crippen LogP contribution in [0.25, 0.3) is 0 Å². The molecule has 7 atom stereocenters. The van der Waals surface area contributed by atoms with E-state index in [1.165, 1.54) is 28.3 Å². The number of hydrogen-bond acceptors (Lipinski definition) is 18. The zero-order valence-corrected chi connectivity index (χ0v) is 49.0. The van der Waals surface area contributed by atoms with Gasteiger partial charge in [0.05, 0.1) is 40.6 Å². The van der Waals surface area contributed by atoms with E-state index in [4.69, 9.17) is 17.2 Å². The van der Waals surface area contributed by atoms with Crippen LogP contribution in [-0.4, -0.2) is 131 Å². The minimum atomic E-state index is -0.555. The molecular formula is C55H108N6O15. The lowest BCUT2D eigenvalue weighted by molar-refractivity contribution is -0.145. The number of carbonyl (C=O) groups is 10. The van der Waals surface area contributed by atoms with Gasteiger partial charge in [0.2, 0.25) is 17.7 Å². The molecular weight excluding hydrogens is 985 g/mol. The predicted octanol–water partition coefficient (Wildman–Crippen LogP) is 6.05. The highest BCUT2D eigenvalue weighted by molar-refractivity contribution is 5.89. The molecule has 0 aromatic carbocycles. The first kappa shape index (κ1) is 82.3. The molecule has 3 amide bonds. The Morgan fingerprint density at radius 1 is 0.447 bits per heavy atom. The fourth-order valence-corrected chi connectivity index (χ4v) is 6.66. The fraction of sp³-hybridized carbons (Fsp3) is 0.818. The van der Waals surface area contributed by atoms with Crippen molar-refractivity contribution < 1.29 is 71.6 Å². The van der Waals surface area contributed by atoms with Crippen LogP contribution in [0.1, 0.15) is 188 Å². The Bertz CT molecular complexity index is 1570. The number of methoxy groups -OCH3 is 3. The number of ether oxygens (including phenoxy) is 5. The molecule has 0 rings (SSSR count). The maximum absolute atomic E-state index is 12.1. The van der Waals surface area contributed by atoms with Gasteiger partial charge in [-0.1, -0.05) is 83.6 Å². The summed E-state index contributed by atoms with van der Waals surface area (Å²) < 4.78 is 22.7. The lowest BCUT2D eigenvalue weighted by atomic mass is 9.93. The SMILES string of the molecule is C.CC(C)CC(C)C(=O)CCCOC=O.CC(C)CC(NC(=O)CCC(C)N)C(=O)CCCOC=O.COC(=O)C(CC(C)C)NC(=O)CCC(C)N.COC(=O)C(CC(C)C)NC(C)=O.COC(=O)C(N)CC(C)C. The van der Waals surface area contributed by atoms with Crippen molar-refractivity contribution in [3.63, 3.8) is 0 Å². The van der Waals surface area contributed by atoms with Gasteiger partial charge in [-0.2, -0.15) is 0 Å². The summed E-state index contributed by atoms with van der Waals surface area (Å²) in [6.07, 6.45) is 7.21. The average Bonchev–Trinajstić information content (AvgIpc) is 3.31. The molecule has 0 aliphatic rings. The van der Waals surface area contributed by atoms with Crippen molar-refractivity contribution in [3.05, 3.63) is 0 Å². The number of nitrogens with two attached hydrogens (primary N) is 3. The molecule has 0 saturated carbocycles. The molecule has 0 aliphatic carbocycles. The maximum atomic E-state index is 12.1. The van der Waals surface area contributed by atoms with E-state index in [-0.39, 0.29) is 73.3 Å². The van der Waals surface area contributed by atoms with Crippen LogP contribution in [0, 0.1) is 35.5 Å². The lowest BCUT2D eigenvalue weighted by Gasteiger charge is -2.20. The van der Waals surface area contributed by atoms with Crippen LogP contribution in [0.15, 0.2) is 0 Å². The summed E-state index contributed by atoms with van der Waals surface area (Å²) in [5.41, 5.74) is 16.6. The quantitative estimate of drug-likeness (QED) is 0.0185. The van der Waals surface area contributed by atoms with E-state index in [0.717, 1.165) is 6.42 Å². The fourth-order valence-electron chi connectivity index (χ4n) is 6.66. The third-order valence-electron chi connectivity index (χ3n) is 10.3. The van der Waals surface area contributed by atoms with Crippen LogP contribution in [-0.2, 0) is 71.6 Å². The average molecular weight is 1090 g/mol. The van der Waals surface area contributed by atoms with Gasteiger partial charge in [0.25, 0.3) is 12.9 Å². The van der Waals surface area contributed by atoms with Crippen molar-refractivity contribution in [1.29, 1.82) is 0 Å². The molecule has 0 aromatic rings. The van der Waals surface area contributed by atoms with Gasteiger partial charge < -0.3 is 56.8 Å². The minimum Gasteiger partial charge on any atom is -0.468 e. The Labute approximate surface area is 457 Å². The van der Waals surface area contributed by atoms with E-state index < -0.39 is 30.1 Å². The number of Topliss-reactive ketones (excluding diaryl/α,β-unsaturated/α-hetero) is 2. The van der Waals surface area contributed by atoms with Crippen LogP contribution < -0.4 is 33.2 Å². The van der Waals surface area contributed by atoms with E-state index in [2.05, 4.69) is 53.5 Å². The third-order valence-corrected chi connectivity index (χ3v) is 10.3. The molecule has 7 unspecified atom stereocenters. The zero-order valence-electron chi connectivity index (χ0n) is 49.0. The molecule has 21 nitrogen and oxygen atoms in total. The molecule has 0 radical (unpaired) electrons. The molecule has 0 spiro atoms. The lowest BCUT2D eigenvalue weighted by Crippen LogP contribution is -2.42. The zero-order chi connectivity index (χ0) is 59.2. The van der Waals surface area contributed by atoms with Crippen molar-refractivity contribution in [2.45, 2.75) is 224 Å². The van der Waals surface area contributed by atoms with Crippen LogP contribution >= 0.6 is 0 Å². The summed E-state index contributed by atoms with van der Waals surface area (Å²) in [7, 11) is 3.99. The number of ketones is 2. The normalized spacial score (nSPS) is 13.1. The number of hydrogen-bond donors (Lipinski definition) is 6. The Morgan fingerprint density at radius 3 is 1.09 bits per heavy atom. The van der Waals surface area contributed by atoms with E-state index in [1.54, 1.807) is 0 Å². The second-order valence-electron chi connectivity index (χ2n) is 20.8. The number of amides is 3. The Morgan fingerprint density at radius 2 is 0.776 bits per heavy atom. The number of nitrogens with one attached hydrogen (secondary N) is 3. The van der Waals surface area contributed by atoms with Gasteiger partial charge >= 0.3 is 17.9 Å². The van der Waals surface area contributed by atoms with Crippen molar-refractivity contribution in [2.24, 2.45) is 52.7 Å². The van der Waals surface area contributed by atoms with Crippen LogP contribution in [0.5, 0.6) is 0 Å². The molecule has 21 heteroatoms. The van der Waals surface area contributed by atoms with Crippen LogP contribution in [0.2, 0.25) is 0 Å². The smallest absolute Gasteiger partial charge is 0.328 e. The highest BCUT2D eigenvalue weighted by Gasteiger charge is 2.24. The van der Waals surface area contributed by atoms with Gasteiger partial charge in [-0.25, -0.2) is 9.59 Å². The first-order chi connectivity index (χ1) is 34.8. The van der Waals surface area contributed by atoms with Crippen LogP contribution in [0.3, 0.4) is 0 Å². The highest BCUT2D eigenvalue weighted by atomic mass is 16.5. The van der Waals surface area contributed by atoms with Gasteiger partial charge in [-0.3, -0.25) is 38.4 Å². The monoisotopic (exact) mass is 1090 g/mol. The van der Waals surface area contributed by atoms with Crippen LogP contribution in [0.4, 0.5) is 0 Å². The van der Waals surface area contributed by atoms with Gasteiger partial charge in [-0.15, -0.1) is 0 Å². The summed E-state index contributed by atoms with van der Waals surface area (Å²) in [6, 6.07) is -2.03. The van der Waals surface area contributed by atoms with Gasteiger partial charge in [0.1, 0.15) is 23.9 Å². The predicted molar refractivity (Wildman–Crippen MR) is 297 cm³/mol. The summed E-state index contributed by atoms with van der Waals surface area (Å²) in [5.74, 6) is 0.721. The Hall–Kier alpha value is -5.02. The molecule has 76 heavy (non-hydrogen) atoms. The van der Waals surface area contributed by atoms with E-state index in [1.807, 2.05) is 76.2 Å². The molecule has 0 bridgehead atoms. The number of carbonyl (C=O) groups excluding carboxylic acids is 10. The summed E-state index contributed by atoms with van der Waals surface area (Å²) in [4.78, 5) is 111. The first-order valence-corrected chi connectivity index (χ1v) is 26.4. The van der Waals surface area contributed by atoms with Gasteiger partial charge in [0, 0.05) is 50.6 Å². The van der Waals surface area contributed by atoms with Crippen molar-refractivity contribution in [2.75, 3.05) is 34.5 Å². The maximum Gasteiger partial charge on any atom is 0.328 e. The van der Waals surface area contributed by atoms with Crippen molar-refractivity contribution in [1.82, 2.24) is 16.0 Å². The number of esters is 3. The van der Waals surface area contributed by atoms with Crippen molar-refractivity contribution in [3.8, 4) is 0 Å². The number of rotatable bonds is 34. The summed E-state index contributed by atoms with van der Waals surface area (Å²) in [5, 5.41) is 8.02. The summed E-state index contributed by atoms with van der Waals surface area (Å²) >= 11 is 0. The van der Waals surface area contributed by atoms with Gasteiger partial charge in [-0.05, 0) is 101 Å². The van der Waals surface area contributed by atoms with Gasteiger partial charge in [0.15, 0.2) is 5.78 Å². The molecule has 0 fully saturated rings. The molecule has 0 aliphatic heterocycles. The first-order valence-electron chi connectivity index (χ1n) is 26.4. The second kappa shape index (κ2) is 52.1. The third kappa shape index (κ3) is 56.7. The highest BCUT2D eigenvalue weighted by Crippen LogP contribution is 2.15. The van der Waals surface area contributed by atoms with E-state index >= 15 is 0 Å². The van der Waals surface area contributed by atoms with E-state index in [0.29, 0.717) is 126 Å². The molecule has 0 aromatic heterocycles. The standard InChI is InChI=1S/C15H28N2O4.C12H24N2O3.C11H20O3.C9H17NO3.C7H15NO2.CH4/c1-11(2)9-13(14(19)5-4-8-21-10-18)17-15(20)7-6-12(3)16;1-8(2)7-10(12(16)17-4)14-11(15)6-5-9(3)13;1-9(2)7-10(3)11(13)5-4-6-14-8-12;1-6(2)5-8(9(12)13-4)10-7(3)11;1-5(2)4-6(8)7(9)10-3;/h10-13H,4-9,16H2,1-3H3,(H,17,20);8-10H,5-7,13H2,1-4H3,(H,14,15);8-10H,4-7H2,1-3H3;6,8H,5H2,1-4H3,(H,10,11);5-6H,4,8H2,1-3H3;1H4. The molecule has 0 heterocycles. The topological polar surface area (TPSA) is 331 Å².